The van der Waals surface area contributed by atoms with Gasteiger partial charge in [-0.05, 0) is 26.0 Å². The van der Waals surface area contributed by atoms with Crippen LogP contribution in [0, 0.1) is 10.1 Å². The summed E-state index contributed by atoms with van der Waals surface area (Å²) in [6.45, 7) is 3.73. The molecule has 2 aromatic carbocycles. The highest BCUT2D eigenvalue weighted by atomic mass is 16.6. The number of nitrogens with zero attached hydrogens (tertiary/aromatic N) is 1. The average Bonchev–Trinajstić information content (AvgIpc) is 2.65. The molecule has 3 rings (SSSR count). The summed E-state index contributed by atoms with van der Waals surface area (Å²) in [5, 5.41) is 13.9. The summed E-state index contributed by atoms with van der Waals surface area (Å²) >= 11 is 0. The second-order valence-electron chi connectivity index (χ2n) is 7.10. The summed E-state index contributed by atoms with van der Waals surface area (Å²) in [4.78, 5) is 22.8. The van der Waals surface area contributed by atoms with E-state index in [4.69, 9.17) is 14.2 Å². The van der Waals surface area contributed by atoms with Gasteiger partial charge in [0, 0.05) is 24.1 Å². The van der Waals surface area contributed by atoms with Crippen LogP contribution in [0.5, 0.6) is 17.2 Å². The maximum atomic E-state index is 12.4. The Morgan fingerprint density at radius 2 is 2.07 bits per heavy atom. The number of methoxy groups -OCH3 is 1. The predicted octanol–water partition coefficient (Wildman–Crippen LogP) is 3.40. The maximum Gasteiger partial charge on any atom is 0.311 e. The third kappa shape index (κ3) is 4.33. The monoisotopic (exact) mass is 386 g/mol. The first-order chi connectivity index (χ1) is 13.3. The van der Waals surface area contributed by atoms with Crippen LogP contribution >= 0.6 is 0 Å². The highest BCUT2D eigenvalue weighted by molar-refractivity contribution is 5.78. The van der Waals surface area contributed by atoms with Crippen LogP contribution in [0.2, 0.25) is 0 Å². The molecule has 1 unspecified atom stereocenters. The summed E-state index contributed by atoms with van der Waals surface area (Å²) in [7, 11) is 1.34. The van der Waals surface area contributed by atoms with Crippen LogP contribution in [0.1, 0.15) is 31.9 Å². The van der Waals surface area contributed by atoms with Gasteiger partial charge in [0.1, 0.15) is 17.1 Å². The molecule has 0 aromatic heterocycles. The number of nitrogens with one attached hydrogen (secondary N) is 1. The van der Waals surface area contributed by atoms with Crippen LogP contribution < -0.4 is 19.5 Å². The van der Waals surface area contributed by atoms with E-state index in [-0.39, 0.29) is 30.0 Å². The zero-order chi connectivity index (χ0) is 20.3. The fraction of sp³-hybridized carbons (Fsp3) is 0.350. The van der Waals surface area contributed by atoms with Gasteiger partial charge in [-0.1, -0.05) is 18.2 Å². The van der Waals surface area contributed by atoms with Gasteiger partial charge in [0.2, 0.25) is 5.75 Å². The second kappa shape index (κ2) is 7.75. The molecule has 0 bridgehead atoms. The minimum absolute atomic E-state index is 0.0722. The number of amides is 1. The second-order valence-corrected chi connectivity index (χ2v) is 7.10. The van der Waals surface area contributed by atoms with E-state index in [0.29, 0.717) is 12.2 Å². The molecule has 0 fully saturated rings. The molecule has 8 nitrogen and oxygen atoms in total. The van der Waals surface area contributed by atoms with Crippen molar-refractivity contribution in [2.75, 3.05) is 13.7 Å². The highest BCUT2D eigenvalue weighted by Crippen LogP contribution is 2.39. The Hall–Kier alpha value is -3.29. The van der Waals surface area contributed by atoms with E-state index in [1.807, 2.05) is 38.1 Å². The zero-order valence-corrected chi connectivity index (χ0v) is 15.9. The quantitative estimate of drug-likeness (QED) is 0.603. The van der Waals surface area contributed by atoms with Gasteiger partial charge in [0.25, 0.3) is 5.91 Å². The molecule has 2 aromatic rings. The van der Waals surface area contributed by atoms with Gasteiger partial charge >= 0.3 is 5.69 Å². The summed E-state index contributed by atoms with van der Waals surface area (Å²) in [6, 6.07) is 11.5. The minimum atomic E-state index is -0.542. The van der Waals surface area contributed by atoms with E-state index in [1.165, 1.54) is 25.3 Å². The smallest absolute Gasteiger partial charge is 0.311 e. The molecule has 0 saturated carbocycles. The lowest BCUT2D eigenvalue weighted by Gasteiger charge is -2.37. The Labute approximate surface area is 162 Å². The summed E-state index contributed by atoms with van der Waals surface area (Å²) < 4.78 is 16.4. The van der Waals surface area contributed by atoms with Crippen LogP contribution in [0.4, 0.5) is 5.69 Å². The Morgan fingerprint density at radius 3 is 2.79 bits per heavy atom. The van der Waals surface area contributed by atoms with Gasteiger partial charge in [-0.25, -0.2) is 0 Å². The first kappa shape index (κ1) is 19.5. The van der Waals surface area contributed by atoms with Crippen molar-refractivity contribution >= 4 is 11.6 Å². The fourth-order valence-corrected chi connectivity index (χ4v) is 3.21. The largest absolute Gasteiger partial charge is 0.490 e. The summed E-state index contributed by atoms with van der Waals surface area (Å²) in [5.74, 6) is 0.841. The topological polar surface area (TPSA) is 99.9 Å². The number of hydrogen-bond donors (Lipinski definition) is 1. The van der Waals surface area contributed by atoms with Crippen molar-refractivity contribution in [3.63, 3.8) is 0 Å². The Kier molecular flexibility index (Phi) is 5.39. The van der Waals surface area contributed by atoms with Crippen LogP contribution in [0.15, 0.2) is 42.5 Å². The van der Waals surface area contributed by atoms with Crippen LogP contribution in [0.25, 0.3) is 0 Å². The zero-order valence-electron chi connectivity index (χ0n) is 15.9. The molecular weight excluding hydrogens is 364 g/mol. The van der Waals surface area contributed by atoms with Crippen LogP contribution in [-0.4, -0.2) is 30.1 Å². The standard InChI is InChI=1S/C20H22N2O6/c1-20(2)11-15(14-6-4-5-7-17(14)28-20)21-19(23)12-27-13-8-9-16(22(24)25)18(10-13)26-3/h4-10,15H,11-12H2,1-3H3,(H,21,23). The number of benzene rings is 2. The van der Waals surface area contributed by atoms with E-state index in [0.717, 1.165) is 11.3 Å². The predicted molar refractivity (Wildman–Crippen MR) is 102 cm³/mol. The molecule has 0 saturated heterocycles. The van der Waals surface area contributed by atoms with E-state index >= 15 is 0 Å². The molecule has 0 spiro atoms. The lowest BCUT2D eigenvalue weighted by Crippen LogP contribution is -2.42. The number of carbonyl (C=O) groups excluding carboxylic acids is 1. The molecule has 1 atom stereocenters. The molecule has 1 N–H and O–H groups in total. The molecular formula is C20H22N2O6. The molecule has 148 valence electrons. The lowest BCUT2D eigenvalue weighted by molar-refractivity contribution is -0.385. The summed E-state index contributed by atoms with van der Waals surface area (Å²) in [5.41, 5.74) is 0.353. The molecule has 0 radical (unpaired) electrons. The third-order valence-electron chi connectivity index (χ3n) is 4.43. The van der Waals surface area contributed by atoms with Gasteiger partial charge in [-0.3, -0.25) is 14.9 Å². The molecule has 1 amide bonds. The van der Waals surface area contributed by atoms with Crippen molar-refractivity contribution < 1.29 is 23.9 Å². The van der Waals surface area contributed by atoms with Crippen molar-refractivity contribution in [1.82, 2.24) is 5.32 Å². The number of carbonyl (C=O) groups is 1. The maximum absolute atomic E-state index is 12.4. The van der Waals surface area contributed by atoms with Crippen molar-refractivity contribution in [3.8, 4) is 17.2 Å². The number of para-hydroxylation sites is 1. The van der Waals surface area contributed by atoms with E-state index < -0.39 is 10.5 Å². The number of ether oxygens (including phenoxy) is 3. The van der Waals surface area contributed by atoms with Gasteiger partial charge in [0.15, 0.2) is 6.61 Å². The Balaban J connectivity index is 1.66. The van der Waals surface area contributed by atoms with Crippen molar-refractivity contribution in [2.45, 2.75) is 31.9 Å². The molecule has 28 heavy (non-hydrogen) atoms. The number of nitro benzene ring substituents is 1. The van der Waals surface area contributed by atoms with E-state index in [1.54, 1.807) is 0 Å². The molecule has 1 aliphatic rings. The van der Waals surface area contributed by atoms with E-state index in [9.17, 15) is 14.9 Å². The molecule has 1 heterocycles. The van der Waals surface area contributed by atoms with Gasteiger partial charge in [-0.2, -0.15) is 0 Å². The number of fused-ring (bicyclic) bond motifs is 1. The molecule has 8 heteroatoms. The van der Waals surface area contributed by atoms with Gasteiger partial charge in [0.05, 0.1) is 18.1 Å². The number of nitro groups is 1. The normalized spacial score (nSPS) is 17.0. The number of rotatable bonds is 6. The fourth-order valence-electron chi connectivity index (χ4n) is 3.21. The average molecular weight is 386 g/mol. The number of hydrogen-bond acceptors (Lipinski definition) is 6. The molecule has 0 aliphatic carbocycles. The molecule has 1 aliphatic heterocycles. The Bertz CT molecular complexity index is 896. The first-order valence-electron chi connectivity index (χ1n) is 8.81. The van der Waals surface area contributed by atoms with Crippen molar-refractivity contribution in [2.24, 2.45) is 0 Å². The summed E-state index contributed by atoms with van der Waals surface area (Å²) in [6.07, 6.45) is 0.626. The van der Waals surface area contributed by atoms with Gasteiger partial charge < -0.3 is 19.5 Å². The minimum Gasteiger partial charge on any atom is -0.490 e. The van der Waals surface area contributed by atoms with Crippen LogP contribution in [0.3, 0.4) is 0 Å². The van der Waals surface area contributed by atoms with Crippen molar-refractivity contribution in [1.29, 1.82) is 0 Å². The van der Waals surface area contributed by atoms with Crippen molar-refractivity contribution in [3.05, 3.63) is 58.1 Å². The van der Waals surface area contributed by atoms with Gasteiger partial charge in [-0.15, -0.1) is 0 Å². The highest BCUT2D eigenvalue weighted by Gasteiger charge is 2.34. The first-order valence-corrected chi connectivity index (χ1v) is 8.81. The third-order valence-corrected chi connectivity index (χ3v) is 4.43. The van der Waals surface area contributed by atoms with Crippen LogP contribution in [-0.2, 0) is 4.79 Å². The SMILES string of the molecule is COc1cc(OCC(=O)NC2CC(C)(C)Oc3ccccc32)ccc1[N+](=O)[O-]. The Morgan fingerprint density at radius 1 is 1.32 bits per heavy atom. The lowest BCUT2D eigenvalue weighted by atomic mass is 9.90. The van der Waals surface area contributed by atoms with E-state index in [2.05, 4.69) is 5.32 Å².